The van der Waals surface area contributed by atoms with E-state index >= 15 is 0 Å². The molecule has 0 unspecified atom stereocenters. The second-order valence-corrected chi connectivity index (χ2v) is 8.15. The molecular weight excluding hydrogens is 410 g/mol. The van der Waals surface area contributed by atoms with Crippen LogP contribution in [0.4, 0.5) is 5.69 Å². The van der Waals surface area contributed by atoms with Gasteiger partial charge in [-0.05, 0) is 37.3 Å². The molecule has 1 N–H and O–H groups in total. The molecule has 0 radical (unpaired) electrons. The molecule has 0 bridgehead atoms. The molecule has 162 valence electrons. The molecule has 0 fully saturated rings. The molecule has 0 heterocycles. The fourth-order valence-corrected chi connectivity index (χ4v) is 3.51. The molecule has 0 aliphatic carbocycles. The van der Waals surface area contributed by atoms with Crippen molar-refractivity contribution in [1.82, 2.24) is 5.43 Å². The summed E-state index contributed by atoms with van der Waals surface area (Å²) < 4.78 is 41.1. The lowest BCUT2D eigenvalue weighted by Gasteiger charge is -2.23. The van der Waals surface area contributed by atoms with Crippen LogP contribution in [0.1, 0.15) is 12.5 Å². The molecule has 10 heteroatoms. The number of para-hydroxylation sites is 2. The minimum absolute atomic E-state index is 0.262. The van der Waals surface area contributed by atoms with Gasteiger partial charge in [0.1, 0.15) is 12.3 Å². The van der Waals surface area contributed by atoms with Gasteiger partial charge in [-0.1, -0.05) is 12.1 Å². The lowest BCUT2D eigenvalue weighted by atomic mass is 10.1. The van der Waals surface area contributed by atoms with Crippen LogP contribution in [0.2, 0.25) is 0 Å². The molecule has 9 nitrogen and oxygen atoms in total. The Kier molecular flexibility index (Phi) is 7.65. The van der Waals surface area contributed by atoms with Gasteiger partial charge in [0, 0.05) is 5.56 Å². The van der Waals surface area contributed by atoms with Crippen molar-refractivity contribution in [2.24, 2.45) is 5.10 Å². The number of anilines is 1. The van der Waals surface area contributed by atoms with Gasteiger partial charge in [-0.3, -0.25) is 9.10 Å². The number of nitrogens with one attached hydrogen (secondary N) is 1. The third kappa shape index (κ3) is 5.63. The monoisotopic (exact) mass is 435 g/mol. The first-order chi connectivity index (χ1) is 14.2. The highest BCUT2D eigenvalue weighted by molar-refractivity contribution is 7.92. The minimum atomic E-state index is -3.74. The van der Waals surface area contributed by atoms with E-state index in [4.69, 9.17) is 14.2 Å². The van der Waals surface area contributed by atoms with Crippen LogP contribution in [0.5, 0.6) is 17.2 Å². The van der Waals surface area contributed by atoms with Crippen LogP contribution in [0.3, 0.4) is 0 Å². The van der Waals surface area contributed by atoms with Crippen molar-refractivity contribution >= 4 is 27.3 Å². The molecule has 0 spiro atoms. The van der Waals surface area contributed by atoms with Gasteiger partial charge < -0.3 is 14.2 Å². The van der Waals surface area contributed by atoms with Crippen molar-refractivity contribution in [3.05, 3.63) is 48.0 Å². The summed E-state index contributed by atoms with van der Waals surface area (Å²) in [6, 6.07) is 11.8. The zero-order valence-electron chi connectivity index (χ0n) is 17.5. The fourth-order valence-electron chi connectivity index (χ4n) is 2.65. The zero-order valence-corrected chi connectivity index (χ0v) is 18.3. The van der Waals surface area contributed by atoms with Gasteiger partial charge in [-0.15, -0.1) is 0 Å². The Hall–Kier alpha value is -3.27. The maximum absolute atomic E-state index is 12.4. The number of rotatable bonds is 9. The van der Waals surface area contributed by atoms with Gasteiger partial charge in [0.15, 0.2) is 11.5 Å². The number of hydrogen-bond acceptors (Lipinski definition) is 7. The summed E-state index contributed by atoms with van der Waals surface area (Å²) in [5.74, 6) is 0.820. The number of ether oxygens (including phenoxy) is 3. The Balaban J connectivity index is 2.20. The lowest BCUT2D eigenvalue weighted by molar-refractivity contribution is -0.119. The Bertz CT molecular complexity index is 1040. The number of carbonyl (C=O) groups is 1. The van der Waals surface area contributed by atoms with Gasteiger partial charge >= 0.3 is 0 Å². The summed E-state index contributed by atoms with van der Waals surface area (Å²) in [5, 5.41) is 4.06. The van der Waals surface area contributed by atoms with Gasteiger partial charge in [-0.2, -0.15) is 5.10 Å². The number of carbonyl (C=O) groups excluding carboxylic acids is 1. The fraction of sp³-hybridized carbons (Fsp3) is 0.300. The average molecular weight is 436 g/mol. The number of hydrazone groups is 1. The molecule has 0 atom stereocenters. The maximum Gasteiger partial charge on any atom is 0.260 e. The van der Waals surface area contributed by atoms with Crippen LogP contribution in [-0.2, 0) is 14.8 Å². The summed E-state index contributed by atoms with van der Waals surface area (Å²) in [5.41, 5.74) is 3.86. The third-order valence-electron chi connectivity index (χ3n) is 4.19. The molecule has 0 aliphatic rings. The van der Waals surface area contributed by atoms with E-state index < -0.39 is 22.5 Å². The number of hydrogen-bond donors (Lipinski definition) is 1. The Morgan fingerprint density at radius 3 is 2.23 bits per heavy atom. The minimum Gasteiger partial charge on any atom is -0.495 e. The highest BCUT2D eigenvalue weighted by atomic mass is 32.2. The first-order valence-electron chi connectivity index (χ1n) is 8.87. The Morgan fingerprint density at radius 2 is 1.63 bits per heavy atom. The van der Waals surface area contributed by atoms with Crippen molar-refractivity contribution in [2.45, 2.75) is 6.92 Å². The normalized spacial score (nSPS) is 11.6. The maximum atomic E-state index is 12.4. The standard InChI is InChI=1S/C20H25N3O6S/c1-14(15-10-11-18(28-3)19(12-15)29-4)21-22-20(24)13-23(30(5,25)26)16-8-6-7-9-17(16)27-2/h6-12H,13H2,1-5H3,(H,22,24)/b21-14-. The predicted molar refractivity (Wildman–Crippen MR) is 115 cm³/mol. The van der Waals surface area contributed by atoms with Crippen LogP contribution in [0, 0.1) is 0 Å². The van der Waals surface area contributed by atoms with E-state index in [9.17, 15) is 13.2 Å². The van der Waals surface area contributed by atoms with Crippen LogP contribution in [0.15, 0.2) is 47.6 Å². The summed E-state index contributed by atoms with van der Waals surface area (Å²) >= 11 is 0. The van der Waals surface area contributed by atoms with Gasteiger partial charge in [0.05, 0.1) is 39.0 Å². The summed E-state index contributed by atoms with van der Waals surface area (Å²) in [6.07, 6.45) is 1.02. The van der Waals surface area contributed by atoms with E-state index in [0.29, 0.717) is 28.5 Å². The highest BCUT2D eigenvalue weighted by Crippen LogP contribution is 2.29. The van der Waals surface area contributed by atoms with Crippen LogP contribution >= 0.6 is 0 Å². The average Bonchev–Trinajstić information content (AvgIpc) is 2.74. The molecule has 0 saturated heterocycles. The topological polar surface area (TPSA) is 107 Å². The third-order valence-corrected chi connectivity index (χ3v) is 5.32. The predicted octanol–water partition coefficient (Wildman–Crippen LogP) is 2.02. The molecule has 0 aliphatic heterocycles. The molecule has 1 amide bonds. The van der Waals surface area contributed by atoms with E-state index in [1.54, 1.807) is 49.4 Å². The first-order valence-corrected chi connectivity index (χ1v) is 10.7. The van der Waals surface area contributed by atoms with Crippen molar-refractivity contribution in [3.8, 4) is 17.2 Å². The zero-order chi connectivity index (χ0) is 22.3. The Morgan fingerprint density at radius 1 is 1.00 bits per heavy atom. The lowest BCUT2D eigenvalue weighted by Crippen LogP contribution is -2.39. The van der Waals surface area contributed by atoms with Crippen molar-refractivity contribution in [2.75, 3.05) is 38.4 Å². The van der Waals surface area contributed by atoms with E-state index in [1.165, 1.54) is 21.3 Å². The quantitative estimate of drug-likeness (QED) is 0.477. The molecule has 2 rings (SSSR count). The van der Waals surface area contributed by atoms with E-state index in [1.807, 2.05) is 0 Å². The molecule has 0 saturated carbocycles. The summed E-state index contributed by atoms with van der Waals surface area (Å²) in [7, 11) is 0.744. The van der Waals surface area contributed by atoms with Crippen LogP contribution < -0.4 is 23.9 Å². The van der Waals surface area contributed by atoms with E-state index in [2.05, 4.69) is 10.5 Å². The second-order valence-electron chi connectivity index (χ2n) is 6.24. The molecule has 2 aromatic rings. The van der Waals surface area contributed by atoms with E-state index in [-0.39, 0.29) is 5.69 Å². The SMILES string of the molecule is COc1ccc(/C(C)=N\NC(=O)CN(c2ccccc2OC)S(C)(=O)=O)cc1OC. The number of sulfonamides is 1. The second kappa shape index (κ2) is 9.97. The summed E-state index contributed by atoms with van der Waals surface area (Å²) in [6.45, 7) is 1.25. The number of nitrogens with zero attached hydrogens (tertiary/aromatic N) is 2. The molecular formula is C20H25N3O6S. The number of amides is 1. The van der Waals surface area contributed by atoms with Crippen molar-refractivity contribution < 1.29 is 27.4 Å². The molecule has 0 aromatic heterocycles. The number of methoxy groups -OCH3 is 3. The van der Waals surface area contributed by atoms with E-state index in [0.717, 1.165) is 10.6 Å². The van der Waals surface area contributed by atoms with Crippen LogP contribution in [-0.4, -0.2) is 54.2 Å². The summed E-state index contributed by atoms with van der Waals surface area (Å²) in [4.78, 5) is 12.4. The number of benzene rings is 2. The molecule has 2 aromatic carbocycles. The molecule has 30 heavy (non-hydrogen) atoms. The van der Waals surface area contributed by atoms with Gasteiger partial charge in [-0.25, -0.2) is 13.8 Å². The highest BCUT2D eigenvalue weighted by Gasteiger charge is 2.23. The van der Waals surface area contributed by atoms with Crippen LogP contribution in [0.25, 0.3) is 0 Å². The van der Waals surface area contributed by atoms with Gasteiger partial charge in [0.25, 0.3) is 5.91 Å². The largest absolute Gasteiger partial charge is 0.495 e. The smallest absolute Gasteiger partial charge is 0.260 e. The van der Waals surface area contributed by atoms with Gasteiger partial charge in [0.2, 0.25) is 10.0 Å². The van der Waals surface area contributed by atoms with Crippen molar-refractivity contribution in [1.29, 1.82) is 0 Å². The Labute approximate surface area is 176 Å². The first kappa shape index (κ1) is 23.0. The van der Waals surface area contributed by atoms with Crippen molar-refractivity contribution in [3.63, 3.8) is 0 Å².